The first kappa shape index (κ1) is 22.7. The monoisotopic (exact) mass is 443 g/mol. The highest BCUT2D eigenvalue weighted by Crippen LogP contribution is 2.73. The van der Waals surface area contributed by atoms with Crippen molar-refractivity contribution >= 4 is 11.7 Å². The van der Waals surface area contributed by atoms with E-state index in [0.29, 0.717) is 12.1 Å². The molecule has 0 unspecified atom stereocenters. The first-order valence-corrected chi connectivity index (χ1v) is 7.23. The second-order valence-electron chi connectivity index (χ2n) is 5.67. The van der Waals surface area contributed by atoms with Crippen LogP contribution in [-0.4, -0.2) is 37.7 Å². The van der Waals surface area contributed by atoms with Gasteiger partial charge < -0.3 is 4.74 Å². The van der Waals surface area contributed by atoms with Crippen LogP contribution in [0.4, 0.5) is 54.0 Å². The summed E-state index contributed by atoms with van der Waals surface area (Å²) in [4.78, 5) is 10.4. The molecule has 162 valence electrons. The molecule has 1 aromatic rings. The summed E-state index contributed by atoms with van der Waals surface area (Å²) in [6.45, 7) is 0. The van der Waals surface area contributed by atoms with Gasteiger partial charge in [-0.2, -0.15) is 48.3 Å². The zero-order valence-electron chi connectivity index (χ0n) is 13.8. The summed E-state index contributed by atoms with van der Waals surface area (Å²) >= 11 is 0. The lowest BCUT2D eigenvalue weighted by Crippen LogP contribution is -2.79. The van der Waals surface area contributed by atoms with Crippen molar-refractivity contribution in [3.05, 3.63) is 41.6 Å². The van der Waals surface area contributed by atoms with E-state index in [0.717, 1.165) is 18.2 Å². The van der Waals surface area contributed by atoms with Crippen molar-refractivity contribution < 1.29 is 57.8 Å². The van der Waals surface area contributed by atoms with Crippen LogP contribution in [-0.2, 0) is 9.53 Å². The Kier molecular flexibility index (Phi) is 5.09. The van der Waals surface area contributed by atoms with Gasteiger partial charge in [-0.15, -0.1) is 0 Å². The van der Waals surface area contributed by atoms with Gasteiger partial charge in [0.15, 0.2) is 5.57 Å². The molecule has 0 N–H and O–H groups in total. The highest BCUT2D eigenvalue weighted by atomic mass is 19.4. The molecule has 3 nitrogen and oxygen atoms in total. The second-order valence-corrected chi connectivity index (χ2v) is 5.67. The van der Waals surface area contributed by atoms with Gasteiger partial charge in [0.25, 0.3) is 5.41 Å². The van der Waals surface area contributed by atoms with Gasteiger partial charge in [-0.3, -0.25) is 4.90 Å². The van der Waals surface area contributed by atoms with Gasteiger partial charge in [-0.1, -0.05) is 18.2 Å². The molecule has 0 radical (unpaired) electrons. The van der Waals surface area contributed by atoms with Crippen LogP contribution in [0.15, 0.2) is 41.6 Å². The van der Waals surface area contributed by atoms with E-state index < -0.39 is 57.8 Å². The molecule has 0 bridgehead atoms. The van der Waals surface area contributed by atoms with E-state index in [-0.39, 0.29) is 7.11 Å². The van der Waals surface area contributed by atoms with Crippen LogP contribution in [0.2, 0.25) is 0 Å². The zero-order chi connectivity index (χ0) is 22.6. The maximum absolute atomic E-state index is 14.5. The smallest absolute Gasteiger partial charge is 0.425 e. The molecule has 0 saturated carbocycles. The number of para-hydroxylation sites is 1. The fraction of sp³-hybridized carbons (Fsp3) is 0.400. The Morgan fingerprint density at radius 1 is 0.897 bits per heavy atom. The molecule has 0 spiro atoms. The van der Waals surface area contributed by atoms with Crippen LogP contribution in [0.25, 0.3) is 0 Å². The van der Waals surface area contributed by atoms with E-state index in [1.807, 2.05) is 0 Å². The fourth-order valence-corrected chi connectivity index (χ4v) is 2.95. The van der Waals surface area contributed by atoms with Gasteiger partial charge in [0.1, 0.15) is 0 Å². The number of halogens is 11. The largest absolute Gasteiger partial charge is 0.465 e. The molecule has 14 heteroatoms. The van der Waals surface area contributed by atoms with Gasteiger partial charge in [0, 0.05) is 5.69 Å². The number of rotatable bonds is 2. The average Bonchev–Trinajstić information content (AvgIpc) is 2.51. The molecule has 1 aromatic carbocycles. The lowest BCUT2D eigenvalue weighted by molar-refractivity contribution is -0.406. The molecular formula is C15H8F11NO2. The summed E-state index contributed by atoms with van der Waals surface area (Å²) in [7, 11) is 0.237. The third kappa shape index (κ3) is 2.99. The van der Waals surface area contributed by atoms with E-state index in [1.54, 1.807) is 0 Å². The Bertz CT molecular complexity index is 807. The number of hydrogen-bond donors (Lipinski definition) is 0. The highest BCUT2D eigenvalue weighted by Gasteiger charge is 2.94. The van der Waals surface area contributed by atoms with Crippen molar-refractivity contribution in [2.45, 2.75) is 24.6 Å². The summed E-state index contributed by atoms with van der Waals surface area (Å²) < 4.78 is 153. The summed E-state index contributed by atoms with van der Waals surface area (Å²) in [6.07, 6.45) is -20.1. The molecule has 0 atom stereocenters. The standard InChI is InChI=1S/C15H8F11NO2/c1-29-10(28)8(12(16,17)18)9-11(13(19,20)21,14(22,23)24)15(25,26)27(9)7-5-3-2-4-6-7/h2-6H,1H3/b9-8-. The lowest BCUT2D eigenvalue weighted by Gasteiger charge is -2.59. The topological polar surface area (TPSA) is 29.5 Å². The SMILES string of the molecule is COC(=O)/C(=C1/N(c2ccccc2)C(F)(F)C1(C(F)(F)F)C(F)(F)F)C(F)(F)F. The molecule has 1 aliphatic rings. The lowest BCUT2D eigenvalue weighted by atomic mass is 9.68. The fourth-order valence-electron chi connectivity index (χ4n) is 2.95. The van der Waals surface area contributed by atoms with Gasteiger partial charge in [0.05, 0.1) is 12.8 Å². The highest BCUT2D eigenvalue weighted by molar-refractivity contribution is 5.93. The normalized spacial score (nSPS) is 20.8. The quantitative estimate of drug-likeness (QED) is 0.273. The van der Waals surface area contributed by atoms with E-state index in [9.17, 15) is 53.1 Å². The zero-order valence-corrected chi connectivity index (χ0v) is 13.8. The van der Waals surface area contributed by atoms with Crippen LogP contribution < -0.4 is 4.90 Å². The van der Waals surface area contributed by atoms with Gasteiger partial charge >= 0.3 is 30.5 Å². The Morgan fingerprint density at radius 2 is 1.34 bits per heavy atom. The Balaban J connectivity index is 3.09. The van der Waals surface area contributed by atoms with Crippen LogP contribution in [0.1, 0.15) is 0 Å². The molecule has 1 aliphatic heterocycles. The van der Waals surface area contributed by atoms with Crippen molar-refractivity contribution in [3.8, 4) is 0 Å². The molecule has 0 amide bonds. The van der Waals surface area contributed by atoms with Crippen LogP contribution in [0.5, 0.6) is 0 Å². The minimum Gasteiger partial charge on any atom is -0.465 e. The van der Waals surface area contributed by atoms with E-state index in [4.69, 9.17) is 0 Å². The Morgan fingerprint density at radius 3 is 1.69 bits per heavy atom. The van der Waals surface area contributed by atoms with Crippen LogP contribution in [0.3, 0.4) is 0 Å². The number of ether oxygens (including phenoxy) is 1. The summed E-state index contributed by atoms with van der Waals surface area (Å²) in [5, 5.41) is 0. The number of anilines is 1. The van der Waals surface area contributed by atoms with E-state index >= 15 is 0 Å². The first-order valence-electron chi connectivity index (χ1n) is 7.23. The van der Waals surface area contributed by atoms with Gasteiger partial charge in [-0.25, -0.2) is 4.79 Å². The van der Waals surface area contributed by atoms with E-state index in [2.05, 4.69) is 4.74 Å². The predicted octanol–water partition coefficient (Wildman–Crippen LogP) is 5.20. The van der Waals surface area contributed by atoms with Crippen molar-refractivity contribution in [2.75, 3.05) is 12.0 Å². The summed E-state index contributed by atoms with van der Waals surface area (Å²) in [5.74, 6) is -2.69. The number of hydrogen-bond acceptors (Lipinski definition) is 3. The third-order valence-electron chi connectivity index (χ3n) is 4.09. The van der Waals surface area contributed by atoms with Crippen molar-refractivity contribution in [1.29, 1.82) is 0 Å². The number of alkyl halides is 11. The number of esters is 1. The van der Waals surface area contributed by atoms with Gasteiger partial charge in [0.2, 0.25) is 0 Å². The molecule has 0 aliphatic carbocycles. The molecular weight excluding hydrogens is 435 g/mol. The molecule has 1 fully saturated rings. The van der Waals surface area contributed by atoms with Gasteiger partial charge in [-0.05, 0) is 12.1 Å². The third-order valence-corrected chi connectivity index (χ3v) is 4.09. The van der Waals surface area contributed by atoms with Crippen LogP contribution in [0, 0.1) is 5.41 Å². The first-order chi connectivity index (χ1) is 13.0. The number of carbonyl (C=O) groups is 1. The predicted molar refractivity (Wildman–Crippen MR) is 73.5 cm³/mol. The molecule has 1 heterocycles. The Hall–Kier alpha value is -2.54. The van der Waals surface area contributed by atoms with Crippen molar-refractivity contribution in [2.24, 2.45) is 5.41 Å². The molecule has 2 rings (SSSR count). The minimum atomic E-state index is -6.96. The maximum atomic E-state index is 14.5. The van der Waals surface area contributed by atoms with Crippen LogP contribution >= 0.6 is 0 Å². The van der Waals surface area contributed by atoms with Crippen molar-refractivity contribution in [3.63, 3.8) is 0 Å². The maximum Gasteiger partial charge on any atom is 0.425 e. The number of methoxy groups -OCH3 is 1. The molecule has 29 heavy (non-hydrogen) atoms. The van der Waals surface area contributed by atoms with Crippen molar-refractivity contribution in [1.82, 2.24) is 0 Å². The Labute approximate surface area is 154 Å². The number of nitrogens with zero attached hydrogens (tertiary/aromatic N) is 1. The minimum absolute atomic E-state index is 0.237. The number of carbonyl (C=O) groups excluding carboxylic acids is 1. The second kappa shape index (κ2) is 6.49. The number of benzene rings is 1. The average molecular weight is 443 g/mol. The summed E-state index contributed by atoms with van der Waals surface area (Å²) in [5.41, 5.74) is -13.6. The van der Waals surface area contributed by atoms with E-state index in [1.165, 1.54) is 0 Å². The molecule has 1 saturated heterocycles. The summed E-state index contributed by atoms with van der Waals surface area (Å²) in [6, 6.07) is -1.96. The molecule has 0 aromatic heterocycles.